The van der Waals surface area contributed by atoms with Gasteiger partial charge in [0.25, 0.3) is 5.56 Å². The van der Waals surface area contributed by atoms with E-state index in [1.165, 1.54) is 10.6 Å². The fraction of sp³-hybridized carbons (Fsp3) is 0.333. The summed E-state index contributed by atoms with van der Waals surface area (Å²) in [4.78, 5) is 11.3. The molecule has 0 saturated heterocycles. The van der Waals surface area contributed by atoms with Gasteiger partial charge in [-0.2, -0.15) is 5.26 Å². The van der Waals surface area contributed by atoms with E-state index in [2.05, 4.69) is 0 Å². The second kappa shape index (κ2) is 4.11. The Hall–Kier alpha value is -1.27. The quantitative estimate of drug-likeness (QED) is 0.670. The van der Waals surface area contributed by atoms with Crippen molar-refractivity contribution in [3.63, 3.8) is 0 Å². The van der Waals surface area contributed by atoms with Gasteiger partial charge in [-0.1, -0.05) is 0 Å². The van der Waals surface area contributed by atoms with Gasteiger partial charge in [-0.15, -0.1) is 11.6 Å². The van der Waals surface area contributed by atoms with Gasteiger partial charge in [-0.05, 0) is 18.6 Å². The summed E-state index contributed by atoms with van der Waals surface area (Å²) in [5.41, 5.74) is 0.783. The fourth-order valence-corrected chi connectivity index (χ4v) is 1.12. The largest absolute Gasteiger partial charge is 0.313 e. The van der Waals surface area contributed by atoms with Gasteiger partial charge in [-0.3, -0.25) is 4.79 Å². The molecule has 1 rings (SSSR count). The number of rotatable bonds is 2. The SMILES string of the molecule is Cc1ccn(CC(Cl)C#N)c(=O)c1. The average Bonchev–Trinajstić information content (AvgIpc) is 2.09. The third-order valence-corrected chi connectivity index (χ3v) is 1.88. The molecule has 0 saturated carbocycles. The van der Waals surface area contributed by atoms with Crippen LogP contribution in [-0.2, 0) is 6.54 Å². The summed E-state index contributed by atoms with van der Waals surface area (Å²) in [5.74, 6) is 0. The van der Waals surface area contributed by atoms with Crippen LogP contribution in [0.15, 0.2) is 23.1 Å². The molecule has 0 aliphatic carbocycles. The van der Waals surface area contributed by atoms with Gasteiger partial charge in [0.05, 0.1) is 12.6 Å². The molecule has 0 amide bonds. The Morgan fingerprint density at radius 2 is 2.46 bits per heavy atom. The molecular formula is C9H9ClN2O. The van der Waals surface area contributed by atoms with E-state index < -0.39 is 5.38 Å². The molecule has 0 spiro atoms. The summed E-state index contributed by atoms with van der Waals surface area (Å²) in [6.45, 7) is 2.07. The van der Waals surface area contributed by atoms with E-state index in [9.17, 15) is 4.79 Å². The van der Waals surface area contributed by atoms with Gasteiger partial charge in [-0.25, -0.2) is 0 Å². The molecule has 1 heterocycles. The monoisotopic (exact) mass is 196 g/mol. The zero-order chi connectivity index (χ0) is 9.84. The molecule has 0 aromatic carbocycles. The minimum Gasteiger partial charge on any atom is -0.313 e. The van der Waals surface area contributed by atoms with Gasteiger partial charge < -0.3 is 4.57 Å². The Kier molecular flexibility index (Phi) is 3.10. The van der Waals surface area contributed by atoms with Gasteiger partial charge in [0.2, 0.25) is 0 Å². The maximum absolute atomic E-state index is 11.3. The molecule has 1 unspecified atom stereocenters. The zero-order valence-corrected chi connectivity index (χ0v) is 7.95. The third kappa shape index (κ3) is 2.60. The Balaban J connectivity index is 2.92. The van der Waals surface area contributed by atoms with Crippen LogP contribution in [0.25, 0.3) is 0 Å². The van der Waals surface area contributed by atoms with Crippen molar-refractivity contribution in [1.82, 2.24) is 4.57 Å². The summed E-state index contributed by atoms with van der Waals surface area (Å²) in [7, 11) is 0. The fourth-order valence-electron chi connectivity index (χ4n) is 0.971. The van der Waals surface area contributed by atoms with E-state index in [-0.39, 0.29) is 12.1 Å². The summed E-state index contributed by atoms with van der Waals surface area (Å²) >= 11 is 5.59. The molecular weight excluding hydrogens is 188 g/mol. The van der Waals surface area contributed by atoms with E-state index in [0.717, 1.165) is 5.56 Å². The van der Waals surface area contributed by atoms with Crippen LogP contribution in [0, 0.1) is 18.3 Å². The van der Waals surface area contributed by atoms with Gasteiger partial charge in [0.1, 0.15) is 5.38 Å². The summed E-state index contributed by atoms with van der Waals surface area (Å²) in [5, 5.41) is 7.79. The highest BCUT2D eigenvalue weighted by atomic mass is 35.5. The smallest absolute Gasteiger partial charge is 0.250 e. The Morgan fingerprint density at radius 3 is 3.00 bits per heavy atom. The van der Waals surface area contributed by atoms with Crippen molar-refractivity contribution >= 4 is 11.6 Å². The molecule has 0 radical (unpaired) electrons. The second-order valence-electron chi connectivity index (χ2n) is 2.79. The van der Waals surface area contributed by atoms with Crippen molar-refractivity contribution in [2.24, 2.45) is 0 Å². The van der Waals surface area contributed by atoms with Crippen molar-refractivity contribution in [1.29, 1.82) is 5.26 Å². The van der Waals surface area contributed by atoms with Crippen LogP contribution < -0.4 is 5.56 Å². The Bertz CT molecular complexity index is 391. The molecule has 13 heavy (non-hydrogen) atoms. The molecule has 1 aromatic rings. The summed E-state index contributed by atoms with van der Waals surface area (Å²) < 4.78 is 1.42. The van der Waals surface area contributed by atoms with Crippen molar-refractivity contribution < 1.29 is 0 Å². The molecule has 0 fully saturated rings. The standard InChI is InChI=1S/C9H9ClN2O/c1-7-2-3-12(9(13)4-7)6-8(10)5-11/h2-4,8H,6H2,1H3. The zero-order valence-electron chi connectivity index (χ0n) is 7.20. The van der Waals surface area contributed by atoms with Crippen LogP contribution >= 0.6 is 11.6 Å². The predicted molar refractivity (Wildman–Crippen MR) is 50.7 cm³/mol. The van der Waals surface area contributed by atoms with Crippen LogP contribution in [0.3, 0.4) is 0 Å². The second-order valence-corrected chi connectivity index (χ2v) is 3.32. The van der Waals surface area contributed by atoms with E-state index in [4.69, 9.17) is 16.9 Å². The maximum atomic E-state index is 11.3. The van der Waals surface area contributed by atoms with Gasteiger partial charge >= 0.3 is 0 Å². The van der Waals surface area contributed by atoms with E-state index >= 15 is 0 Å². The highest BCUT2D eigenvalue weighted by Gasteiger charge is 2.03. The first kappa shape index (κ1) is 9.82. The minimum atomic E-state index is -0.652. The molecule has 3 nitrogen and oxygen atoms in total. The first-order chi connectivity index (χ1) is 6.13. The predicted octanol–water partition coefficient (Wildman–Crippen LogP) is 1.29. The molecule has 0 aliphatic rings. The number of aryl methyl sites for hydroxylation is 1. The topological polar surface area (TPSA) is 45.8 Å². The number of nitrogens with zero attached hydrogens (tertiary/aromatic N) is 2. The highest BCUT2D eigenvalue weighted by Crippen LogP contribution is 1.98. The Labute approximate surface area is 81.2 Å². The maximum Gasteiger partial charge on any atom is 0.250 e. The van der Waals surface area contributed by atoms with Crippen molar-refractivity contribution in [2.45, 2.75) is 18.8 Å². The lowest BCUT2D eigenvalue weighted by Gasteiger charge is -2.04. The van der Waals surface area contributed by atoms with Crippen molar-refractivity contribution in [2.75, 3.05) is 0 Å². The number of alkyl halides is 1. The number of hydrogen-bond donors (Lipinski definition) is 0. The van der Waals surface area contributed by atoms with Crippen molar-refractivity contribution in [3.05, 3.63) is 34.2 Å². The molecule has 0 bridgehead atoms. The summed E-state index contributed by atoms with van der Waals surface area (Å²) in [6, 6.07) is 5.18. The highest BCUT2D eigenvalue weighted by molar-refractivity contribution is 6.22. The summed E-state index contributed by atoms with van der Waals surface area (Å²) in [6.07, 6.45) is 1.64. The number of aromatic nitrogens is 1. The lowest BCUT2D eigenvalue weighted by Crippen LogP contribution is -2.22. The van der Waals surface area contributed by atoms with Crippen LogP contribution in [0.1, 0.15) is 5.56 Å². The minimum absolute atomic E-state index is 0.124. The number of nitriles is 1. The first-order valence-electron chi connectivity index (χ1n) is 3.84. The van der Waals surface area contributed by atoms with Crippen LogP contribution in [-0.4, -0.2) is 9.94 Å². The normalized spacial score (nSPS) is 12.1. The van der Waals surface area contributed by atoms with Gasteiger partial charge in [0.15, 0.2) is 0 Å². The van der Waals surface area contributed by atoms with E-state index in [0.29, 0.717) is 0 Å². The van der Waals surface area contributed by atoms with E-state index in [1.54, 1.807) is 6.20 Å². The molecule has 1 aromatic heterocycles. The van der Waals surface area contributed by atoms with Crippen LogP contribution in [0.4, 0.5) is 0 Å². The van der Waals surface area contributed by atoms with Gasteiger partial charge in [0, 0.05) is 12.3 Å². The Morgan fingerprint density at radius 1 is 1.77 bits per heavy atom. The number of hydrogen-bond acceptors (Lipinski definition) is 2. The molecule has 1 atom stereocenters. The lowest BCUT2D eigenvalue weighted by molar-refractivity contribution is 0.689. The first-order valence-corrected chi connectivity index (χ1v) is 4.28. The number of pyridine rings is 1. The molecule has 68 valence electrons. The van der Waals surface area contributed by atoms with Crippen LogP contribution in [0.2, 0.25) is 0 Å². The molecule has 0 N–H and O–H groups in total. The average molecular weight is 197 g/mol. The number of halogens is 1. The lowest BCUT2D eigenvalue weighted by atomic mass is 10.3. The molecule has 0 aliphatic heterocycles. The molecule has 4 heteroatoms. The van der Waals surface area contributed by atoms with Crippen LogP contribution in [0.5, 0.6) is 0 Å². The third-order valence-electron chi connectivity index (χ3n) is 1.65. The van der Waals surface area contributed by atoms with E-state index in [1.807, 2.05) is 19.1 Å². The van der Waals surface area contributed by atoms with Crippen molar-refractivity contribution in [3.8, 4) is 6.07 Å².